The quantitative estimate of drug-likeness (QED) is 0.633. The van der Waals surface area contributed by atoms with E-state index in [4.69, 9.17) is 4.74 Å². The summed E-state index contributed by atoms with van der Waals surface area (Å²) in [6.45, 7) is 9.43. The molecule has 0 saturated carbocycles. The van der Waals surface area contributed by atoms with E-state index in [-0.39, 0.29) is 0 Å². The van der Waals surface area contributed by atoms with Crippen molar-refractivity contribution >= 4 is 17.3 Å². The van der Waals surface area contributed by atoms with Gasteiger partial charge in [-0.2, -0.15) is 4.98 Å². The van der Waals surface area contributed by atoms with E-state index >= 15 is 0 Å². The number of nitrogens with one attached hydrogen (secondary N) is 1. The number of likely N-dealkylation sites (N-methyl/N-ethyl adjacent to an activating group) is 1. The first-order valence-electron chi connectivity index (χ1n) is 11.1. The van der Waals surface area contributed by atoms with E-state index in [1.165, 1.54) is 17.7 Å². The summed E-state index contributed by atoms with van der Waals surface area (Å²) < 4.78 is 7.18. The number of hydrogen-bond donors (Lipinski definition) is 1. The summed E-state index contributed by atoms with van der Waals surface area (Å²) in [6.07, 6.45) is 2.94. The highest BCUT2D eigenvalue weighted by Gasteiger charge is 2.34. The Balaban J connectivity index is 1.32. The lowest BCUT2D eigenvalue weighted by atomic mass is 10.1. The smallest absolute Gasteiger partial charge is 0.246 e. The molecular formula is C24H30N6O. The average molecular weight is 419 g/mol. The molecule has 1 aromatic heterocycles. The third-order valence-electron chi connectivity index (χ3n) is 6.28. The predicted octanol–water partition coefficient (Wildman–Crippen LogP) is 3.62. The van der Waals surface area contributed by atoms with Crippen molar-refractivity contribution in [2.45, 2.75) is 32.4 Å². The summed E-state index contributed by atoms with van der Waals surface area (Å²) in [6, 6.07) is 17.8. The molecule has 3 aromatic rings. The number of rotatable bonds is 7. The van der Waals surface area contributed by atoms with Gasteiger partial charge in [-0.25, -0.2) is 4.68 Å². The first-order chi connectivity index (χ1) is 15.2. The number of nitrogens with zero attached hydrogens (tertiary/aromatic N) is 5. The molecule has 7 heteroatoms. The maximum Gasteiger partial charge on any atom is 0.246 e. The van der Waals surface area contributed by atoms with E-state index in [9.17, 15) is 0 Å². The molecule has 0 aliphatic carbocycles. The van der Waals surface area contributed by atoms with Crippen LogP contribution in [0, 0.1) is 6.92 Å². The van der Waals surface area contributed by atoms with Crippen molar-refractivity contribution in [2.75, 3.05) is 43.1 Å². The minimum Gasteiger partial charge on any atom is -0.378 e. The lowest BCUT2D eigenvalue weighted by molar-refractivity contribution is -0.0573. The first-order valence-corrected chi connectivity index (χ1v) is 11.1. The lowest BCUT2D eigenvalue weighted by Crippen LogP contribution is -2.49. The van der Waals surface area contributed by atoms with Gasteiger partial charge in [0.2, 0.25) is 5.95 Å². The highest BCUT2D eigenvalue weighted by Crippen LogP contribution is 2.29. The molecule has 1 N–H and O–H groups in total. The Labute approximate surface area is 183 Å². The molecule has 0 amide bonds. The van der Waals surface area contributed by atoms with E-state index in [0.717, 1.165) is 44.2 Å². The van der Waals surface area contributed by atoms with Crippen LogP contribution < -0.4 is 10.2 Å². The Bertz CT molecular complexity index is 1020. The van der Waals surface area contributed by atoms with Crippen LogP contribution in [0.1, 0.15) is 18.9 Å². The Morgan fingerprint density at radius 1 is 1.16 bits per heavy atom. The van der Waals surface area contributed by atoms with Crippen molar-refractivity contribution in [3.8, 4) is 5.69 Å². The van der Waals surface area contributed by atoms with Crippen LogP contribution in [0.4, 0.5) is 17.3 Å². The molecule has 2 fully saturated rings. The van der Waals surface area contributed by atoms with E-state index in [2.05, 4.69) is 57.2 Å². The number of aromatic nitrogens is 3. The zero-order valence-corrected chi connectivity index (χ0v) is 18.2. The number of para-hydroxylation sites is 1. The second-order valence-electron chi connectivity index (χ2n) is 8.45. The number of ether oxygens (including phenoxy) is 1. The molecule has 2 aromatic carbocycles. The number of hydrogen-bond acceptors (Lipinski definition) is 6. The van der Waals surface area contributed by atoms with E-state index < -0.39 is 0 Å². The zero-order valence-electron chi connectivity index (χ0n) is 18.2. The normalized spacial score (nSPS) is 19.4. The molecule has 0 unspecified atom stereocenters. The third-order valence-corrected chi connectivity index (χ3v) is 6.28. The van der Waals surface area contributed by atoms with Gasteiger partial charge < -0.3 is 15.0 Å². The summed E-state index contributed by atoms with van der Waals surface area (Å²) in [7, 11) is 0. The van der Waals surface area contributed by atoms with Crippen molar-refractivity contribution in [3.63, 3.8) is 0 Å². The van der Waals surface area contributed by atoms with Gasteiger partial charge in [0.1, 0.15) is 6.33 Å². The summed E-state index contributed by atoms with van der Waals surface area (Å²) >= 11 is 0. The van der Waals surface area contributed by atoms with Crippen LogP contribution in [0.15, 0.2) is 54.9 Å². The van der Waals surface area contributed by atoms with Gasteiger partial charge in [-0.3, -0.25) is 4.90 Å². The number of anilines is 3. The van der Waals surface area contributed by atoms with Crippen molar-refractivity contribution < 1.29 is 4.74 Å². The predicted molar refractivity (Wildman–Crippen MR) is 123 cm³/mol. The van der Waals surface area contributed by atoms with Gasteiger partial charge in [0.25, 0.3) is 0 Å². The first kappa shape index (κ1) is 20.0. The van der Waals surface area contributed by atoms with Gasteiger partial charge in [0.05, 0.1) is 24.9 Å². The van der Waals surface area contributed by atoms with Crippen LogP contribution in [0.3, 0.4) is 0 Å². The monoisotopic (exact) mass is 418 g/mol. The molecule has 7 nitrogen and oxygen atoms in total. The van der Waals surface area contributed by atoms with E-state index in [1.54, 1.807) is 11.0 Å². The fraction of sp³-hybridized carbons (Fsp3) is 0.417. The topological polar surface area (TPSA) is 58.5 Å². The summed E-state index contributed by atoms with van der Waals surface area (Å²) in [4.78, 5) is 9.57. The van der Waals surface area contributed by atoms with Crippen LogP contribution in [0.25, 0.3) is 5.69 Å². The minimum atomic E-state index is 0.538. The van der Waals surface area contributed by atoms with Crippen LogP contribution in [-0.2, 0) is 4.74 Å². The molecule has 0 bridgehead atoms. The Morgan fingerprint density at radius 2 is 2.00 bits per heavy atom. The molecule has 0 radical (unpaired) electrons. The molecule has 31 heavy (non-hydrogen) atoms. The molecule has 0 spiro atoms. The molecule has 5 rings (SSSR count). The molecule has 2 aliphatic rings. The molecule has 2 saturated heterocycles. The fourth-order valence-corrected chi connectivity index (χ4v) is 4.60. The van der Waals surface area contributed by atoms with Crippen molar-refractivity contribution in [3.05, 3.63) is 60.4 Å². The van der Waals surface area contributed by atoms with Crippen molar-refractivity contribution in [1.29, 1.82) is 0 Å². The SMILES string of the molecule is CCN(c1cc(C)cc(Nc2ncn(-c3ccccc3)n2)c1)[C@H]1CCN(C2COC2)C1. The van der Waals surface area contributed by atoms with Gasteiger partial charge in [0, 0.05) is 37.1 Å². The minimum absolute atomic E-state index is 0.538. The summed E-state index contributed by atoms with van der Waals surface area (Å²) in [5.41, 5.74) is 4.49. The van der Waals surface area contributed by atoms with Crippen LogP contribution in [0.2, 0.25) is 0 Å². The average Bonchev–Trinajstić information content (AvgIpc) is 3.38. The lowest BCUT2D eigenvalue weighted by Gasteiger charge is -2.36. The second-order valence-corrected chi connectivity index (χ2v) is 8.45. The van der Waals surface area contributed by atoms with Crippen LogP contribution in [0.5, 0.6) is 0 Å². The highest BCUT2D eigenvalue weighted by atomic mass is 16.5. The van der Waals surface area contributed by atoms with Crippen molar-refractivity contribution in [1.82, 2.24) is 19.7 Å². The number of likely N-dealkylation sites (tertiary alicyclic amines) is 1. The number of aryl methyl sites for hydroxylation is 1. The highest BCUT2D eigenvalue weighted by molar-refractivity contribution is 5.64. The number of benzene rings is 2. The van der Waals surface area contributed by atoms with Crippen LogP contribution in [-0.4, -0.2) is 64.6 Å². The van der Waals surface area contributed by atoms with Crippen molar-refractivity contribution in [2.24, 2.45) is 0 Å². The molecule has 162 valence electrons. The second kappa shape index (κ2) is 8.69. The summed E-state index contributed by atoms with van der Waals surface area (Å²) in [5, 5.41) is 7.98. The summed E-state index contributed by atoms with van der Waals surface area (Å²) in [5.74, 6) is 0.598. The largest absolute Gasteiger partial charge is 0.378 e. The van der Waals surface area contributed by atoms with Gasteiger partial charge >= 0.3 is 0 Å². The van der Waals surface area contributed by atoms with Gasteiger partial charge in [-0.15, -0.1) is 5.10 Å². The van der Waals surface area contributed by atoms with E-state index in [1.807, 2.05) is 30.3 Å². The molecular weight excluding hydrogens is 388 g/mol. The Hall–Kier alpha value is -2.90. The molecule has 2 aliphatic heterocycles. The standard InChI is InChI=1S/C24H30N6O/c1-3-29(21-9-10-28(14-21)23-15-31-16-23)22-12-18(2)11-19(13-22)26-24-25-17-30(27-24)20-7-5-4-6-8-20/h4-8,11-13,17,21,23H,3,9-10,14-16H2,1-2H3,(H,26,27)/t21-/m0/s1. The molecule has 3 heterocycles. The maximum atomic E-state index is 5.39. The van der Waals surface area contributed by atoms with Gasteiger partial charge in [0.15, 0.2) is 0 Å². The fourth-order valence-electron chi connectivity index (χ4n) is 4.60. The van der Waals surface area contributed by atoms with Crippen LogP contribution >= 0.6 is 0 Å². The molecule has 1 atom stereocenters. The van der Waals surface area contributed by atoms with Gasteiger partial charge in [-0.05, 0) is 56.2 Å². The van der Waals surface area contributed by atoms with E-state index in [0.29, 0.717) is 18.0 Å². The zero-order chi connectivity index (χ0) is 21.2. The van der Waals surface area contributed by atoms with Gasteiger partial charge in [-0.1, -0.05) is 18.2 Å². The maximum absolute atomic E-state index is 5.39. The Morgan fingerprint density at radius 3 is 2.74 bits per heavy atom. The third kappa shape index (κ3) is 4.29. The Kier molecular flexibility index (Phi) is 5.61.